The van der Waals surface area contributed by atoms with Crippen LogP contribution in [0.2, 0.25) is 0 Å². The molecule has 0 saturated carbocycles. The van der Waals surface area contributed by atoms with Crippen molar-refractivity contribution in [2.75, 3.05) is 5.32 Å². The summed E-state index contributed by atoms with van der Waals surface area (Å²) < 4.78 is 14.2. The minimum absolute atomic E-state index is 0.0437. The van der Waals surface area contributed by atoms with Gasteiger partial charge >= 0.3 is 5.97 Å². The maximum Gasteiger partial charge on any atom is 0.335 e. The Morgan fingerprint density at radius 1 is 1.19 bits per heavy atom. The van der Waals surface area contributed by atoms with Crippen LogP contribution < -0.4 is 5.32 Å². The minimum atomic E-state index is -1.10. The summed E-state index contributed by atoms with van der Waals surface area (Å²) in [5.74, 6) is -2.15. The molecule has 0 fully saturated rings. The molecule has 0 aliphatic heterocycles. The number of halogens is 2. The van der Waals surface area contributed by atoms with Crippen LogP contribution in [0.3, 0.4) is 0 Å². The van der Waals surface area contributed by atoms with E-state index in [4.69, 9.17) is 5.11 Å². The van der Waals surface area contributed by atoms with Crippen LogP contribution in [0.25, 0.3) is 0 Å². The van der Waals surface area contributed by atoms with Crippen LogP contribution in [0.15, 0.2) is 46.9 Å². The number of carbonyl (C=O) groups is 2. The molecule has 0 heterocycles. The molecule has 0 radical (unpaired) electrons. The number of rotatable bonds is 4. The normalized spacial score (nSPS) is 10.2. The third kappa shape index (κ3) is 3.88. The quantitative estimate of drug-likeness (QED) is 0.886. The number of hydrogen-bond acceptors (Lipinski definition) is 2. The average Bonchev–Trinajstić information content (AvgIpc) is 2.43. The number of hydrogen-bond donors (Lipinski definition) is 2. The van der Waals surface area contributed by atoms with Crippen molar-refractivity contribution in [1.29, 1.82) is 0 Å². The van der Waals surface area contributed by atoms with E-state index in [1.54, 1.807) is 18.2 Å². The molecule has 2 N–H and O–H groups in total. The zero-order chi connectivity index (χ0) is 15.4. The van der Waals surface area contributed by atoms with Gasteiger partial charge in [-0.2, -0.15) is 0 Å². The lowest BCUT2D eigenvalue weighted by Gasteiger charge is -2.08. The Kier molecular flexibility index (Phi) is 4.70. The first-order valence-electron chi connectivity index (χ1n) is 6.03. The van der Waals surface area contributed by atoms with E-state index in [2.05, 4.69) is 21.2 Å². The fraction of sp³-hybridized carbons (Fsp3) is 0.0667. The van der Waals surface area contributed by atoms with Crippen LogP contribution in [0.1, 0.15) is 15.9 Å². The van der Waals surface area contributed by atoms with Gasteiger partial charge in [0, 0.05) is 4.47 Å². The van der Waals surface area contributed by atoms with Gasteiger partial charge in [-0.05, 0) is 29.8 Å². The summed E-state index contributed by atoms with van der Waals surface area (Å²) in [6.07, 6.45) is -0.144. The highest BCUT2D eigenvalue weighted by Crippen LogP contribution is 2.20. The van der Waals surface area contributed by atoms with Crippen LogP contribution in [0, 0.1) is 5.82 Å². The largest absolute Gasteiger partial charge is 0.478 e. The molecule has 6 heteroatoms. The second-order valence-electron chi connectivity index (χ2n) is 4.31. The number of nitrogens with one attached hydrogen (secondary N) is 1. The topological polar surface area (TPSA) is 66.4 Å². The summed E-state index contributed by atoms with van der Waals surface area (Å²) in [4.78, 5) is 23.0. The van der Waals surface area contributed by atoms with Crippen molar-refractivity contribution in [3.63, 3.8) is 0 Å². The van der Waals surface area contributed by atoms with E-state index in [1.165, 1.54) is 24.3 Å². The molecule has 0 aliphatic rings. The molecular weight excluding hydrogens is 341 g/mol. The van der Waals surface area contributed by atoms with Gasteiger partial charge in [0.1, 0.15) is 5.82 Å². The first-order chi connectivity index (χ1) is 9.97. The van der Waals surface area contributed by atoms with Gasteiger partial charge in [0.05, 0.1) is 17.7 Å². The Morgan fingerprint density at radius 2 is 1.90 bits per heavy atom. The summed E-state index contributed by atoms with van der Waals surface area (Å²) in [5, 5.41) is 11.5. The summed E-state index contributed by atoms with van der Waals surface area (Å²) >= 11 is 3.19. The number of amides is 1. The zero-order valence-corrected chi connectivity index (χ0v) is 12.4. The molecule has 0 atom stereocenters. The lowest BCUT2D eigenvalue weighted by atomic mass is 10.0. The summed E-state index contributed by atoms with van der Waals surface area (Å²) in [5.41, 5.74) is 0.474. The SMILES string of the molecule is O=C(Cc1ccccc1C(=O)O)Nc1cc(Br)ccc1F. The van der Waals surface area contributed by atoms with Crippen LogP contribution in [0.5, 0.6) is 0 Å². The number of benzene rings is 2. The average molecular weight is 352 g/mol. The Labute approximate surface area is 128 Å². The highest BCUT2D eigenvalue weighted by atomic mass is 79.9. The minimum Gasteiger partial charge on any atom is -0.478 e. The molecule has 2 aromatic carbocycles. The van der Waals surface area contributed by atoms with Crippen molar-refractivity contribution >= 4 is 33.5 Å². The Bertz CT molecular complexity index is 703. The molecule has 108 valence electrons. The fourth-order valence-electron chi connectivity index (χ4n) is 1.84. The summed E-state index contributed by atoms with van der Waals surface area (Å²) in [7, 11) is 0. The molecule has 2 rings (SSSR count). The standard InChI is InChI=1S/C15H11BrFNO3/c16-10-5-6-12(17)13(8-10)18-14(19)7-9-3-1-2-4-11(9)15(20)21/h1-6,8H,7H2,(H,18,19)(H,20,21). The number of aromatic carboxylic acids is 1. The van der Waals surface area contributed by atoms with Crippen molar-refractivity contribution < 1.29 is 19.1 Å². The first-order valence-corrected chi connectivity index (χ1v) is 6.83. The van der Waals surface area contributed by atoms with E-state index in [0.717, 1.165) is 0 Å². The van der Waals surface area contributed by atoms with Crippen molar-refractivity contribution in [2.24, 2.45) is 0 Å². The van der Waals surface area contributed by atoms with E-state index in [0.29, 0.717) is 10.0 Å². The molecule has 0 aliphatic carbocycles. The van der Waals surface area contributed by atoms with Gasteiger partial charge in [-0.3, -0.25) is 4.79 Å². The zero-order valence-electron chi connectivity index (χ0n) is 10.8. The van der Waals surface area contributed by atoms with E-state index in [1.807, 2.05) is 0 Å². The van der Waals surface area contributed by atoms with Gasteiger partial charge in [0.2, 0.25) is 5.91 Å². The molecule has 1 amide bonds. The number of anilines is 1. The third-order valence-electron chi connectivity index (χ3n) is 2.80. The second kappa shape index (κ2) is 6.49. The van der Waals surface area contributed by atoms with Crippen molar-refractivity contribution in [1.82, 2.24) is 0 Å². The maximum atomic E-state index is 13.5. The highest BCUT2D eigenvalue weighted by molar-refractivity contribution is 9.10. The Balaban J connectivity index is 2.16. The van der Waals surface area contributed by atoms with Gasteiger partial charge in [-0.1, -0.05) is 34.1 Å². The molecule has 0 bridgehead atoms. The van der Waals surface area contributed by atoms with E-state index in [9.17, 15) is 14.0 Å². The monoisotopic (exact) mass is 351 g/mol. The Morgan fingerprint density at radius 3 is 2.62 bits per heavy atom. The van der Waals surface area contributed by atoms with E-state index < -0.39 is 17.7 Å². The Hall–Kier alpha value is -2.21. The van der Waals surface area contributed by atoms with Crippen LogP contribution in [-0.2, 0) is 11.2 Å². The number of carbonyl (C=O) groups excluding carboxylic acids is 1. The summed E-state index contributed by atoms with van der Waals surface area (Å²) in [6.45, 7) is 0. The molecule has 21 heavy (non-hydrogen) atoms. The lowest BCUT2D eigenvalue weighted by molar-refractivity contribution is -0.115. The van der Waals surface area contributed by atoms with Gasteiger partial charge in [0.15, 0.2) is 0 Å². The van der Waals surface area contributed by atoms with Gasteiger partial charge < -0.3 is 10.4 Å². The lowest BCUT2D eigenvalue weighted by Crippen LogP contribution is -2.17. The van der Waals surface area contributed by atoms with Crippen LogP contribution in [0.4, 0.5) is 10.1 Å². The molecule has 2 aromatic rings. The summed E-state index contributed by atoms with van der Waals surface area (Å²) in [6, 6.07) is 10.4. The number of carboxylic acids is 1. The predicted molar refractivity (Wildman–Crippen MR) is 79.8 cm³/mol. The predicted octanol–water partition coefficient (Wildman–Crippen LogP) is 3.47. The molecule has 0 unspecified atom stereocenters. The smallest absolute Gasteiger partial charge is 0.335 e. The van der Waals surface area contributed by atoms with E-state index in [-0.39, 0.29) is 17.7 Å². The first kappa shape index (κ1) is 15.2. The van der Waals surface area contributed by atoms with Gasteiger partial charge in [0.25, 0.3) is 0 Å². The van der Waals surface area contributed by atoms with Crippen molar-refractivity contribution in [3.8, 4) is 0 Å². The third-order valence-corrected chi connectivity index (χ3v) is 3.29. The van der Waals surface area contributed by atoms with E-state index >= 15 is 0 Å². The molecule has 0 spiro atoms. The molecule has 0 saturated heterocycles. The molecular formula is C15H11BrFNO3. The van der Waals surface area contributed by atoms with Gasteiger partial charge in [-0.15, -0.1) is 0 Å². The molecule has 0 aromatic heterocycles. The van der Waals surface area contributed by atoms with Crippen LogP contribution in [-0.4, -0.2) is 17.0 Å². The van der Waals surface area contributed by atoms with Crippen LogP contribution >= 0.6 is 15.9 Å². The maximum absolute atomic E-state index is 13.5. The van der Waals surface area contributed by atoms with Crippen molar-refractivity contribution in [2.45, 2.75) is 6.42 Å². The van der Waals surface area contributed by atoms with Gasteiger partial charge in [-0.25, -0.2) is 9.18 Å². The van der Waals surface area contributed by atoms with Crippen molar-refractivity contribution in [3.05, 3.63) is 63.9 Å². The molecule has 4 nitrogen and oxygen atoms in total. The fourth-order valence-corrected chi connectivity index (χ4v) is 2.20. The number of carboxylic acid groups (broad SMARTS) is 1. The highest BCUT2D eigenvalue weighted by Gasteiger charge is 2.13. The second-order valence-corrected chi connectivity index (χ2v) is 5.23.